The number of fused-ring (bicyclic) bond motifs is 1. The van der Waals surface area contributed by atoms with Crippen molar-refractivity contribution in [3.05, 3.63) is 59.6 Å². The van der Waals surface area contributed by atoms with Crippen molar-refractivity contribution in [1.29, 1.82) is 0 Å². The minimum Gasteiger partial charge on any atom is -0.508 e. The number of rotatable bonds is 2. The molecule has 0 aliphatic carbocycles. The van der Waals surface area contributed by atoms with E-state index in [1.165, 1.54) is 0 Å². The summed E-state index contributed by atoms with van der Waals surface area (Å²) in [7, 11) is 1.94. The van der Waals surface area contributed by atoms with Crippen molar-refractivity contribution < 1.29 is 5.11 Å². The highest BCUT2D eigenvalue weighted by molar-refractivity contribution is 6.31. The topological polar surface area (TPSA) is 36.4 Å². The summed E-state index contributed by atoms with van der Waals surface area (Å²) in [5.74, 6) is 1.09. The van der Waals surface area contributed by atoms with Crippen LogP contribution in [0.2, 0.25) is 5.02 Å². The zero-order valence-electron chi connectivity index (χ0n) is 10.9. The minimum absolute atomic E-state index is 0.253. The number of aromatic nitrogens is 1. The van der Waals surface area contributed by atoms with Crippen molar-refractivity contribution in [2.75, 3.05) is 11.9 Å². The van der Waals surface area contributed by atoms with Gasteiger partial charge in [-0.15, -0.1) is 0 Å². The lowest BCUT2D eigenvalue weighted by molar-refractivity contribution is 0.475. The molecule has 0 saturated heterocycles. The first-order valence-corrected chi connectivity index (χ1v) is 6.60. The number of benzene rings is 2. The predicted molar refractivity (Wildman–Crippen MR) is 82.9 cm³/mol. The zero-order chi connectivity index (χ0) is 14.1. The number of phenolic OH excluding ortho intramolecular Hbond substituents is 1. The molecule has 0 unspecified atom stereocenters. The molecule has 0 aliphatic heterocycles. The Morgan fingerprint density at radius 1 is 1.00 bits per heavy atom. The Morgan fingerprint density at radius 2 is 1.75 bits per heavy atom. The molecule has 0 saturated carbocycles. The summed E-state index contributed by atoms with van der Waals surface area (Å²) in [5.41, 5.74) is 1.86. The fourth-order valence-electron chi connectivity index (χ4n) is 2.08. The van der Waals surface area contributed by atoms with Crippen LogP contribution in [0.4, 0.5) is 11.5 Å². The number of hydrogen-bond acceptors (Lipinski definition) is 3. The maximum Gasteiger partial charge on any atom is 0.133 e. The molecule has 2 aromatic carbocycles. The normalized spacial score (nSPS) is 10.7. The van der Waals surface area contributed by atoms with Gasteiger partial charge in [0, 0.05) is 23.1 Å². The van der Waals surface area contributed by atoms with E-state index in [0.717, 1.165) is 22.4 Å². The van der Waals surface area contributed by atoms with E-state index in [9.17, 15) is 5.11 Å². The van der Waals surface area contributed by atoms with Gasteiger partial charge in [-0.05, 0) is 54.6 Å². The van der Waals surface area contributed by atoms with Gasteiger partial charge in [-0.1, -0.05) is 11.6 Å². The summed E-state index contributed by atoms with van der Waals surface area (Å²) in [6.07, 6.45) is 0. The molecule has 1 heterocycles. The van der Waals surface area contributed by atoms with Crippen molar-refractivity contribution >= 4 is 34.0 Å². The molecule has 0 spiro atoms. The maximum absolute atomic E-state index is 9.33. The molecule has 20 heavy (non-hydrogen) atoms. The second-order valence-electron chi connectivity index (χ2n) is 4.58. The number of pyridine rings is 1. The van der Waals surface area contributed by atoms with Crippen LogP contribution < -0.4 is 4.90 Å². The van der Waals surface area contributed by atoms with Crippen LogP contribution in [-0.4, -0.2) is 17.1 Å². The van der Waals surface area contributed by atoms with Gasteiger partial charge in [0.15, 0.2) is 0 Å². The maximum atomic E-state index is 9.33. The van der Waals surface area contributed by atoms with Gasteiger partial charge in [-0.2, -0.15) is 0 Å². The molecule has 0 aliphatic rings. The average molecular weight is 285 g/mol. The van der Waals surface area contributed by atoms with Crippen LogP contribution >= 0.6 is 11.6 Å². The molecule has 0 atom stereocenters. The van der Waals surface area contributed by atoms with Gasteiger partial charge >= 0.3 is 0 Å². The molecule has 0 fully saturated rings. The summed E-state index contributed by atoms with van der Waals surface area (Å²) >= 11 is 5.97. The summed E-state index contributed by atoms with van der Waals surface area (Å²) in [6.45, 7) is 0. The first-order valence-electron chi connectivity index (χ1n) is 6.22. The van der Waals surface area contributed by atoms with Crippen LogP contribution in [0.15, 0.2) is 54.6 Å². The second kappa shape index (κ2) is 5.02. The van der Waals surface area contributed by atoms with E-state index in [2.05, 4.69) is 4.98 Å². The van der Waals surface area contributed by atoms with Crippen molar-refractivity contribution in [3.8, 4) is 5.75 Å². The van der Waals surface area contributed by atoms with Crippen LogP contribution in [-0.2, 0) is 0 Å². The van der Waals surface area contributed by atoms with Crippen LogP contribution in [0.25, 0.3) is 10.9 Å². The van der Waals surface area contributed by atoms with E-state index in [-0.39, 0.29) is 5.75 Å². The van der Waals surface area contributed by atoms with Crippen molar-refractivity contribution in [1.82, 2.24) is 4.98 Å². The molecular formula is C16H13ClN2O. The molecule has 3 nitrogen and oxygen atoms in total. The summed E-state index contributed by atoms with van der Waals surface area (Å²) in [5, 5.41) is 11.1. The highest BCUT2D eigenvalue weighted by Crippen LogP contribution is 2.26. The fraction of sp³-hybridized carbons (Fsp3) is 0.0625. The largest absolute Gasteiger partial charge is 0.508 e. The molecule has 0 amide bonds. The highest BCUT2D eigenvalue weighted by atomic mass is 35.5. The minimum atomic E-state index is 0.253. The van der Waals surface area contributed by atoms with Gasteiger partial charge in [-0.25, -0.2) is 4.98 Å². The first-order chi connectivity index (χ1) is 9.63. The number of hydrogen-bond donors (Lipinski definition) is 1. The fourth-order valence-corrected chi connectivity index (χ4v) is 2.26. The number of nitrogens with zero attached hydrogens (tertiary/aromatic N) is 2. The van der Waals surface area contributed by atoms with Gasteiger partial charge in [0.2, 0.25) is 0 Å². The Labute approximate surface area is 122 Å². The molecule has 100 valence electrons. The SMILES string of the molecule is CN(c1ccc(O)cc1)c1ccc2cc(Cl)ccc2n1. The van der Waals surface area contributed by atoms with Gasteiger partial charge in [-0.3, -0.25) is 0 Å². The summed E-state index contributed by atoms with van der Waals surface area (Å²) in [6, 6.07) is 16.6. The Bertz CT molecular complexity index is 756. The van der Waals surface area contributed by atoms with Crippen LogP contribution in [0.1, 0.15) is 0 Å². The van der Waals surface area contributed by atoms with E-state index in [4.69, 9.17) is 11.6 Å². The lowest BCUT2D eigenvalue weighted by atomic mass is 10.2. The Morgan fingerprint density at radius 3 is 2.50 bits per heavy atom. The molecule has 0 radical (unpaired) electrons. The Hall–Kier alpha value is -2.26. The van der Waals surface area contributed by atoms with Crippen molar-refractivity contribution in [2.45, 2.75) is 0 Å². The van der Waals surface area contributed by atoms with E-state index >= 15 is 0 Å². The van der Waals surface area contributed by atoms with Crippen LogP contribution in [0, 0.1) is 0 Å². The van der Waals surface area contributed by atoms with E-state index < -0.39 is 0 Å². The molecule has 3 aromatic rings. The number of phenols is 1. The predicted octanol–water partition coefficient (Wildman–Crippen LogP) is 4.36. The summed E-state index contributed by atoms with van der Waals surface area (Å²) < 4.78 is 0. The zero-order valence-corrected chi connectivity index (χ0v) is 11.7. The van der Waals surface area contributed by atoms with Crippen LogP contribution in [0.5, 0.6) is 5.75 Å². The quantitative estimate of drug-likeness (QED) is 0.759. The second-order valence-corrected chi connectivity index (χ2v) is 5.02. The molecule has 0 bridgehead atoms. The number of halogens is 1. The van der Waals surface area contributed by atoms with Gasteiger partial charge in [0.05, 0.1) is 5.52 Å². The molecule has 1 N–H and O–H groups in total. The molecule has 4 heteroatoms. The van der Waals surface area contributed by atoms with Gasteiger partial charge in [0.1, 0.15) is 11.6 Å². The monoisotopic (exact) mass is 284 g/mol. The molecule has 3 rings (SSSR count). The lowest BCUT2D eigenvalue weighted by Gasteiger charge is -2.18. The van der Waals surface area contributed by atoms with E-state index in [1.54, 1.807) is 12.1 Å². The lowest BCUT2D eigenvalue weighted by Crippen LogP contribution is -2.10. The Kier molecular flexibility index (Phi) is 3.20. The van der Waals surface area contributed by atoms with Crippen LogP contribution in [0.3, 0.4) is 0 Å². The Balaban J connectivity index is 2.01. The third kappa shape index (κ3) is 2.40. The first kappa shape index (κ1) is 12.8. The third-order valence-corrected chi connectivity index (χ3v) is 3.45. The third-order valence-electron chi connectivity index (χ3n) is 3.22. The number of anilines is 2. The van der Waals surface area contributed by atoms with Gasteiger partial charge in [0.25, 0.3) is 0 Å². The molecular weight excluding hydrogens is 272 g/mol. The van der Waals surface area contributed by atoms with Crippen molar-refractivity contribution in [2.24, 2.45) is 0 Å². The van der Waals surface area contributed by atoms with E-state index in [0.29, 0.717) is 5.02 Å². The van der Waals surface area contributed by atoms with Crippen molar-refractivity contribution in [3.63, 3.8) is 0 Å². The van der Waals surface area contributed by atoms with Gasteiger partial charge < -0.3 is 10.0 Å². The smallest absolute Gasteiger partial charge is 0.133 e. The standard InChI is InChI=1S/C16H13ClN2O/c1-19(13-4-6-14(20)7-5-13)16-9-2-11-10-12(17)3-8-15(11)18-16/h2-10,20H,1H3. The summed E-state index contributed by atoms with van der Waals surface area (Å²) in [4.78, 5) is 6.59. The highest BCUT2D eigenvalue weighted by Gasteiger charge is 2.06. The van der Waals surface area contributed by atoms with E-state index in [1.807, 2.05) is 54.4 Å². The number of aromatic hydroxyl groups is 1. The average Bonchev–Trinajstić information content (AvgIpc) is 2.47. The molecule has 1 aromatic heterocycles.